The first-order valence-corrected chi connectivity index (χ1v) is 7.42. The summed E-state index contributed by atoms with van der Waals surface area (Å²) < 4.78 is 4.85. The molecule has 4 heteroatoms. The zero-order chi connectivity index (χ0) is 14.4. The Morgan fingerprint density at radius 2 is 2.19 bits per heavy atom. The first kappa shape index (κ1) is 12.5. The maximum atomic E-state index is 11.7. The molecule has 4 rings (SSSR count). The number of fused-ring (bicyclic) bond motifs is 5. The molecule has 2 aliphatic heterocycles. The van der Waals surface area contributed by atoms with Gasteiger partial charge < -0.3 is 14.6 Å². The van der Waals surface area contributed by atoms with Gasteiger partial charge in [-0.3, -0.25) is 0 Å². The molecule has 0 unspecified atom stereocenters. The fourth-order valence-electron chi connectivity index (χ4n) is 3.64. The highest BCUT2D eigenvalue weighted by Gasteiger charge is 2.32. The third kappa shape index (κ3) is 1.86. The Balaban J connectivity index is 1.75. The highest BCUT2D eigenvalue weighted by atomic mass is 16.5. The first-order chi connectivity index (χ1) is 10.3. The van der Waals surface area contributed by atoms with Crippen molar-refractivity contribution in [3.63, 3.8) is 0 Å². The summed E-state index contributed by atoms with van der Waals surface area (Å²) in [5, 5.41) is 1.34. The molecule has 0 saturated heterocycles. The molecule has 0 amide bonds. The first-order valence-electron chi connectivity index (χ1n) is 7.42. The topological polar surface area (TPSA) is 45.3 Å². The summed E-state index contributed by atoms with van der Waals surface area (Å²) in [6.07, 6.45) is 4.75. The van der Waals surface area contributed by atoms with Gasteiger partial charge in [-0.2, -0.15) is 0 Å². The van der Waals surface area contributed by atoms with Crippen LogP contribution in [0.3, 0.4) is 0 Å². The molecular formula is C17H18N2O2. The Morgan fingerprint density at radius 3 is 3.05 bits per heavy atom. The Kier molecular flexibility index (Phi) is 2.77. The monoisotopic (exact) mass is 282 g/mol. The van der Waals surface area contributed by atoms with Crippen LogP contribution in [0, 0.1) is 0 Å². The maximum Gasteiger partial charge on any atom is 0.335 e. The fourth-order valence-corrected chi connectivity index (χ4v) is 3.64. The number of nitrogens with one attached hydrogen (secondary N) is 1. The number of aromatic nitrogens is 1. The number of ether oxygens (including phenoxy) is 1. The number of para-hydroxylation sites is 1. The second kappa shape index (κ2) is 4.65. The van der Waals surface area contributed by atoms with Crippen LogP contribution >= 0.6 is 0 Å². The van der Waals surface area contributed by atoms with Gasteiger partial charge >= 0.3 is 5.97 Å². The summed E-state index contributed by atoms with van der Waals surface area (Å²) in [5.74, 6) is -0.198. The quantitative estimate of drug-likeness (QED) is 0.818. The summed E-state index contributed by atoms with van der Waals surface area (Å²) in [6.45, 7) is 0.958. The summed E-state index contributed by atoms with van der Waals surface area (Å²) in [4.78, 5) is 17.6. The standard InChI is InChI=1S/C17H18N2O2/c1-21-17(20)11-6-7-15-16-13(8-9-19(15)10-11)12-4-2-3-5-14(12)18-16/h2-5,10,15,18H,6-9H2,1H3/t15-/m1/s1. The number of methoxy groups -OCH3 is 1. The lowest BCUT2D eigenvalue weighted by molar-refractivity contribution is -0.136. The van der Waals surface area contributed by atoms with Crippen LogP contribution in [0.5, 0.6) is 0 Å². The summed E-state index contributed by atoms with van der Waals surface area (Å²) in [6, 6.07) is 8.85. The summed E-state index contributed by atoms with van der Waals surface area (Å²) >= 11 is 0. The van der Waals surface area contributed by atoms with Gasteiger partial charge in [0.15, 0.2) is 0 Å². The molecular weight excluding hydrogens is 264 g/mol. The van der Waals surface area contributed by atoms with E-state index in [0.717, 1.165) is 31.4 Å². The van der Waals surface area contributed by atoms with Crippen molar-refractivity contribution < 1.29 is 9.53 Å². The van der Waals surface area contributed by atoms with Crippen LogP contribution in [0.2, 0.25) is 0 Å². The summed E-state index contributed by atoms with van der Waals surface area (Å²) in [5.41, 5.74) is 4.77. The molecule has 108 valence electrons. The SMILES string of the molecule is COC(=O)C1=CN2CCc3c([nH]c4ccccc34)[C@H]2CC1. The number of esters is 1. The number of hydrogen-bond donors (Lipinski definition) is 1. The van der Waals surface area contributed by atoms with Crippen LogP contribution in [0.25, 0.3) is 10.9 Å². The van der Waals surface area contributed by atoms with Crippen LogP contribution in [0.15, 0.2) is 36.0 Å². The summed E-state index contributed by atoms with van der Waals surface area (Å²) in [7, 11) is 1.45. The molecule has 0 saturated carbocycles. The predicted octanol–water partition coefficient (Wildman–Crippen LogP) is 2.92. The van der Waals surface area contributed by atoms with E-state index < -0.39 is 0 Å². The number of aromatic amines is 1. The van der Waals surface area contributed by atoms with Crippen molar-refractivity contribution in [1.82, 2.24) is 9.88 Å². The van der Waals surface area contributed by atoms with Gasteiger partial charge in [-0.05, 0) is 30.9 Å². The van der Waals surface area contributed by atoms with Crippen molar-refractivity contribution in [3.8, 4) is 0 Å². The van der Waals surface area contributed by atoms with Crippen LogP contribution < -0.4 is 0 Å². The molecule has 4 nitrogen and oxygen atoms in total. The molecule has 1 aromatic heterocycles. The Morgan fingerprint density at radius 1 is 1.33 bits per heavy atom. The van der Waals surface area contributed by atoms with Gasteiger partial charge in [0.1, 0.15) is 0 Å². The average molecular weight is 282 g/mol. The van der Waals surface area contributed by atoms with Crippen LogP contribution in [-0.4, -0.2) is 29.5 Å². The molecule has 0 bridgehead atoms. The molecule has 0 spiro atoms. The van der Waals surface area contributed by atoms with Crippen molar-refractivity contribution >= 4 is 16.9 Å². The minimum atomic E-state index is -0.198. The number of H-pyrrole nitrogens is 1. The molecule has 2 aliphatic rings. The van der Waals surface area contributed by atoms with E-state index in [1.807, 2.05) is 6.20 Å². The number of carbonyl (C=O) groups excluding carboxylic acids is 1. The largest absolute Gasteiger partial charge is 0.466 e. The zero-order valence-electron chi connectivity index (χ0n) is 12.1. The highest BCUT2D eigenvalue weighted by molar-refractivity contribution is 5.88. The lowest BCUT2D eigenvalue weighted by atomic mass is 9.90. The molecule has 0 aliphatic carbocycles. The number of carbonyl (C=O) groups is 1. The molecule has 1 aromatic carbocycles. The van der Waals surface area contributed by atoms with E-state index >= 15 is 0 Å². The van der Waals surface area contributed by atoms with Gasteiger partial charge in [-0.15, -0.1) is 0 Å². The van der Waals surface area contributed by atoms with Gasteiger partial charge in [0.25, 0.3) is 0 Å². The molecule has 0 radical (unpaired) electrons. The van der Waals surface area contributed by atoms with E-state index in [4.69, 9.17) is 4.74 Å². The number of hydrogen-bond acceptors (Lipinski definition) is 3. The van der Waals surface area contributed by atoms with E-state index in [9.17, 15) is 4.79 Å². The van der Waals surface area contributed by atoms with E-state index in [0.29, 0.717) is 6.04 Å². The van der Waals surface area contributed by atoms with E-state index in [1.54, 1.807) is 0 Å². The predicted molar refractivity (Wildman–Crippen MR) is 80.8 cm³/mol. The average Bonchev–Trinajstić information content (AvgIpc) is 2.92. The minimum Gasteiger partial charge on any atom is -0.466 e. The number of nitrogens with zero attached hydrogens (tertiary/aromatic N) is 1. The van der Waals surface area contributed by atoms with Gasteiger partial charge in [0.2, 0.25) is 0 Å². The van der Waals surface area contributed by atoms with Gasteiger partial charge in [0.05, 0.1) is 18.7 Å². The molecule has 0 fully saturated rings. The van der Waals surface area contributed by atoms with E-state index in [1.165, 1.54) is 29.3 Å². The van der Waals surface area contributed by atoms with Crippen molar-refractivity contribution in [1.29, 1.82) is 0 Å². The smallest absolute Gasteiger partial charge is 0.335 e. The van der Waals surface area contributed by atoms with Crippen LogP contribution in [-0.2, 0) is 16.0 Å². The van der Waals surface area contributed by atoms with Crippen LogP contribution in [0.1, 0.15) is 30.1 Å². The highest BCUT2D eigenvalue weighted by Crippen LogP contribution is 2.40. The maximum absolute atomic E-state index is 11.7. The lowest BCUT2D eigenvalue weighted by Crippen LogP contribution is -2.35. The molecule has 2 aromatic rings. The Hall–Kier alpha value is -2.23. The second-order valence-corrected chi connectivity index (χ2v) is 5.75. The normalized spacial score (nSPS) is 20.7. The third-order valence-electron chi connectivity index (χ3n) is 4.66. The fraction of sp³-hybridized carbons (Fsp3) is 0.353. The van der Waals surface area contributed by atoms with Crippen LogP contribution in [0.4, 0.5) is 0 Å². The zero-order valence-corrected chi connectivity index (χ0v) is 12.1. The molecule has 1 N–H and O–H groups in total. The van der Waals surface area contributed by atoms with Crippen molar-refractivity contribution in [2.75, 3.05) is 13.7 Å². The van der Waals surface area contributed by atoms with Gasteiger partial charge in [-0.1, -0.05) is 18.2 Å². The Labute approximate surface area is 123 Å². The number of rotatable bonds is 1. The number of benzene rings is 1. The van der Waals surface area contributed by atoms with E-state index in [2.05, 4.69) is 34.1 Å². The molecule has 3 heterocycles. The van der Waals surface area contributed by atoms with Crippen molar-refractivity contribution in [2.45, 2.75) is 25.3 Å². The third-order valence-corrected chi connectivity index (χ3v) is 4.66. The Bertz CT molecular complexity index is 744. The second-order valence-electron chi connectivity index (χ2n) is 5.75. The lowest BCUT2D eigenvalue weighted by Gasteiger charge is -2.38. The van der Waals surface area contributed by atoms with Crippen molar-refractivity contribution in [3.05, 3.63) is 47.3 Å². The van der Waals surface area contributed by atoms with Crippen molar-refractivity contribution in [2.24, 2.45) is 0 Å². The van der Waals surface area contributed by atoms with Gasteiger partial charge in [-0.25, -0.2) is 4.79 Å². The molecule has 21 heavy (non-hydrogen) atoms. The molecule has 1 atom stereocenters. The van der Waals surface area contributed by atoms with E-state index in [-0.39, 0.29) is 5.97 Å². The minimum absolute atomic E-state index is 0.198. The van der Waals surface area contributed by atoms with Gasteiger partial charge in [0, 0.05) is 29.3 Å².